The molecule has 0 bridgehead atoms. The number of halogens is 1. The normalized spacial score (nSPS) is 19.1. The van der Waals surface area contributed by atoms with Crippen molar-refractivity contribution in [3.05, 3.63) is 29.3 Å². The SMILES string of the molecule is O=C[C@H]1CCCN1C(=O)Nc1ccc(Cl)cc1. The van der Waals surface area contributed by atoms with Crippen LogP contribution in [0.15, 0.2) is 24.3 Å². The summed E-state index contributed by atoms with van der Waals surface area (Å²) in [5, 5.41) is 3.37. The van der Waals surface area contributed by atoms with Crippen molar-refractivity contribution in [2.45, 2.75) is 18.9 Å². The second-order valence-corrected chi connectivity index (χ2v) is 4.41. The number of aldehydes is 1. The lowest BCUT2D eigenvalue weighted by atomic mass is 10.2. The predicted octanol–water partition coefficient (Wildman–Crippen LogP) is 2.54. The van der Waals surface area contributed by atoms with E-state index in [9.17, 15) is 9.59 Å². The van der Waals surface area contributed by atoms with E-state index < -0.39 is 0 Å². The summed E-state index contributed by atoms with van der Waals surface area (Å²) in [4.78, 5) is 24.2. The number of nitrogens with zero attached hydrogens (tertiary/aromatic N) is 1. The van der Waals surface area contributed by atoms with Crippen LogP contribution in [0.3, 0.4) is 0 Å². The van der Waals surface area contributed by atoms with E-state index in [4.69, 9.17) is 11.6 Å². The van der Waals surface area contributed by atoms with E-state index in [0.29, 0.717) is 17.3 Å². The minimum absolute atomic E-state index is 0.234. The van der Waals surface area contributed by atoms with Crippen LogP contribution in [0.4, 0.5) is 10.5 Å². The van der Waals surface area contributed by atoms with Crippen molar-refractivity contribution >= 4 is 29.6 Å². The summed E-state index contributed by atoms with van der Waals surface area (Å²) in [5.74, 6) is 0. The molecular formula is C12H13ClN2O2. The molecule has 1 heterocycles. The van der Waals surface area contributed by atoms with Crippen molar-refractivity contribution in [1.29, 1.82) is 0 Å². The Hall–Kier alpha value is -1.55. The molecule has 0 aromatic heterocycles. The Morgan fingerprint density at radius 3 is 2.76 bits per heavy atom. The first kappa shape index (κ1) is 11.9. The van der Waals surface area contributed by atoms with Gasteiger partial charge in [0.05, 0.1) is 6.04 Å². The summed E-state index contributed by atoms with van der Waals surface area (Å²) in [6, 6.07) is 6.35. The van der Waals surface area contributed by atoms with Crippen molar-refractivity contribution in [1.82, 2.24) is 4.90 Å². The van der Waals surface area contributed by atoms with Gasteiger partial charge in [-0.05, 0) is 37.1 Å². The molecule has 1 fully saturated rings. The van der Waals surface area contributed by atoms with E-state index in [1.165, 1.54) is 0 Å². The van der Waals surface area contributed by atoms with Gasteiger partial charge in [-0.25, -0.2) is 4.79 Å². The third-order valence-corrected chi connectivity index (χ3v) is 3.06. The summed E-state index contributed by atoms with van der Waals surface area (Å²) >= 11 is 5.75. The van der Waals surface area contributed by atoms with Gasteiger partial charge in [0.1, 0.15) is 6.29 Å². The number of rotatable bonds is 2. The molecule has 0 unspecified atom stereocenters. The first-order valence-corrected chi connectivity index (χ1v) is 5.87. The second-order valence-electron chi connectivity index (χ2n) is 3.98. The van der Waals surface area contributed by atoms with Crippen LogP contribution in [-0.4, -0.2) is 29.8 Å². The fourth-order valence-electron chi connectivity index (χ4n) is 1.91. The first-order valence-electron chi connectivity index (χ1n) is 5.49. The van der Waals surface area contributed by atoms with Gasteiger partial charge in [0.25, 0.3) is 0 Å². The Morgan fingerprint density at radius 2 is 2.12 bits per heavy atom. The van der Waals surface area contributed by atoms with Crippen molar-refractivity contribution in [2.24, 2.45) is 0 Å². The predicted molar refractivity (Wildman–Crippen MR) is 66.3 cm³/mol. The zero-order chi connectivity index (χ0) is 12.3. The van der Waals surface area contributed by atoms with Crippen LogP contribution in [0.1, 0.15) is 12.8 Å². The quantitative estimate of drug-likeness (QED) is 0.823. The maximum atomic E-state index is 11.9. The van der Waals surface area contributed by atoms with E-state index >= 15 is 0 Å². The third kappa shape index (κ3) is 2.77. The number of anilines is 1. The van der Waals surface area contributed by atoms with Gasteiger partial charge in [0.2, 0.25) is 0 Å². The maximum absolute atomic E-state index is 11.9. The van der Waals surface area contributed by atoms with Crippen LogP contribution in [0.5, 0.6) is 0 Å². The topological polar surface area (TPSA) is 49.4 Å². The minimum Gasteiger partial charge on any atom is -0.315 e. The summed E-state index contributed by atoms with van der Waals surface area (Å²) in [6.07, 6.45) is 2.45. The highest BCUT2D eigenvalue weighted by molar-refractivity contribution is 6.30. The average molecular weight is 253 g/mol. The van der Waals surface area contributed by atoms with E-state index in [0.717, 1.165) is 19.1 Å². The number of benzene rings is 1. The Balaban J connectivity index is 2.01. The van der Waals surface area contributed by atoms with Crippen LogP contribution in [0, 0.1) is 0 Å². The number of hydrogen-bond acceptors (Lipinski definition) is 2. The number of hydrogen-bond donors (Lipinski definition) is 1. The van der Waals surface area contributed by atoms with E-state index in [1.807, 2.05) is 0 Å². The Labute approximate surface area is 105 Å². The Bertz CT molecular complexity index is 419. The molecule has 1 aliphatic rings. The molecule has 1 aromatic rings. The van der Waals surface area contributed by atoms with Gasteiger partial charge in [-0.3, -0.25) is 0 Å². The monoisotopic (exact) mass is 252 g/mol. The molecule has 4 nitrogen and oxygen atoms in total. The lowest BCUT2D eigenvalue weighted by Gasteiger charge is -2.20. The molecule has 2 rings (SSSR count). The lowest BCUT2D eigenvalue weighted by molar-refractivity contribution is -0.110. The number of amides is 2. The molecule has 5 heteroatoms. The molecule has 2 amide bonds. The zero-order valence-corrected chi connectivity index (χ0v) is 9.98. The molecule has 17 heavy (non-hydrogen) atoms. The molecule has 0 aliphatic carbocycles. The van der Waals surface area contributed by atoms with E-state index in [2.05, 4.69) is 5.32 Å². The highest BCUT2D eigenvalue weighted by Crippen LogP contribution is 2.18. The molecule has 0 saturated carbocycles. The summed E-state index contributed by atoms with van der Waals surface area (Å²) in [5.41, 5.74) is 0.677. The molecule has 1 aromatic carbocycles. The number of nitrogens with one attached hydrogen (secondary N) is 1. The molecule has 90 valence electrons. The van der Waals surface area contributed by atoms with Crippen LogP contribution < -0.4 is 5.32 Å². The number of carbonyl (C=O) groups excluding carboxylic acids is 2. The minimum atomic E-state index is -0.290. The highest BCUT2D eigenvalue weighted by atomic mass is 35.5. The van der Waals surface area contributed by atoms with Crippen LogP contribution >= 0.6 is 11.6 Å². The van der Waals surface area contributed by atoms with Crippen LogP contribution in [0.2, 0.25) is 5.02 Å². The Kier molecular flexibility index (Phi) is 3.64. The van der Waals surface area contributed by atoms with Crippen LogP contribution in [0.25, 0.3) is 0 Å². The van der Waals surface area contributed by atoms with Gasteiger partial charge in [0.15, 0.2) is 0 Å². The maximum Gasteiger partial charge on any atom is 0.322 e. The number of urea groups is 1. The Morgan fingerprint density at radius 1 is 1.41 bits per heavy atom. The standard InChI is InChI=1S/C12H13ClN2O2/c13-9-3-5-10(6-4-9)14-12(17)15-7-1-2-11(15)8-16/h3-6,8,11H,1-2,7H2,(H,14,17)/t11-/m1/s1. The van der Waals surface area contributed by atoms with E-state index in [1.54, 1.807) is 29.2 Å². The van der Waals surface area contributed by atoms with Gasteiger partial charge >= 0.3 is 6.03 Å². The lowest BCUT2D eigenvalue weighted by Crippen LogP contribution is -2.39. The number of carbonyl (C=O) groups is 2. The molecule has 0 spiro atoms. The summed E-state index contributed by atoms with van der Waals surface area (Å²) in [7, 11) is 0. The fraction of sp³-hybridized carbons (Fsp3) is 0.333. The number of likely N-dealkylation sites (tertiary alicyclic amines) is 1. The smallest absolute Gasteiger partial charge is 0.315 e. The molecule has 1 atom stereocenters. The summed E-state index contributed by atoms with van der Waals surface area (Å²) < 4.78 is 0. The van der Waals surface area contributed by atoms with Crippen molar-refractivity contribution in [2.75, 3.05) is 11.9 Å². The molecule has 1 aliphatic heterocycles. The van der Waals surface area contributed by atoms with Gasteiger partial charge in [0, 0.05) is 17.3 Å². The fourth-order valence-corrected chi connectivity index (χ4v) is 2.04. The van der Waals surface area contributed by atoms with E-state index in [-0.39, 0.29) is 12.1 Å². The first-order chi connectivity index (χ1) is 8.20. The van der Waals surface area contributed by atoms with Crippen molar-refractivity contribution in [3.63, 3.8) is 0 Å². The van der Waals surface area contributed by atoms with Crippen molar-refractivity contribution in [3.8, 4) is 0 Å². The third-order valence-electron chi connectivity index (χ3n) is 2.81. The second kappa shape index (κ2) is 5.19. The summed E-state index contributed by atoms with van der Waals surface area (Å²) in [6.45, 7) is 0.628. The average Bonchev–Trinajstić information content (AvgIpc) is 2.80. The molecular weight excluding hydrogens is 240 g/mol. The van der Waals surface area contributed by atoms with Crippen molar-refractivity contribution < 1.29 is 9.59 Å². The molecule has 1 saturated heterocycles. The molecule has 0 radical (unpaired) electrons. The largest absolute Gasteiger partial charge is 0.322 e. The van der Waals surface area contributed by atoms with Gasteiger partial charge < -0.3 is 15.0 Å². The zero-order valence-electron chi connectivity index (χ0n) is 9.23. The molecule has 1 N–H and O–H groups in total. The van der Waals surface area contributed by atoms with Crippen LogP contribution in [-0.2, 0) is 4.79 Å². The highest BCUT2D eigenvalue weighted by Gasteiger charge is 2.28. The van der Waals surface area contributed by atoms with Gasteiger partial charge in [-0.2, -0.15) is 0 Å². The van der Waals surface area contributed by atoms with Gasteiger partial charge in [-0.15, -0.1) is 0 Å². The van der Waals surface area contributed by atoms with Gasteiger partial charge in [-0.1, -0.05) is 11.6 Å².